The number of aromatic nitrogens is 2. The SMILES string of the molecule is O=C(NCC(O)c1ccc(N2CCOCC2)cc1)c1ccc(=O)[nH]n1. The van der Waals surface area contributed by atoms with Crippen molar-refractivity contribution in [1.82, 2.24) is 15.5 Å². The highest BCUT2D eigenvalue weighted by atomic mass is 16.5. The molecule has 8 heteroatoms. The van der Waals surface area contributed by atoms with E-state index in [9.17, 15) is 14.7 Å². The molecule has 0 saturated carbocycles. The molecule has 1 aliphatic heterocycles. The second-order valence-corrected chi connectivity index (χ2v) is 5.72. The third-order valence-electron chi connectivity index (χ3n) is 4.02. The Morgan fingerprint density at radius 1 is 1.24 bits per heavy atom. The number of aromatic amines is 1. The number of aliphatic hydroxyl groups is 1. The van der Waals surface area contributed by atoms with E-state index in [1.807, 2.05) is 24.3 Å². The third kappa shape index (κ3) is 4.43. The number of anilines is 1. The Balaban J connectivity index is 1.55. The van der Waals surface area contributed by atoms with E-state index >= 15 is 0 Å². The van der Waals surface area contributed by atoms with E-state index in [1.54, 1.807) is 0 Å². The summed E-state index contributed by atoms with van der Waals surface area (Å²) in [6.07, 6.45) is -0.828. The van der Waals surface area contributed by atoms with E-state index in [1.165, 1.54) is 12.1 Å². The number of carbonyl (C=O) groups excluding carboxylic acids is 1. The predicted molar refractivity (Wildman–Crippen MR) is 91.6 cm³/mol. The Hall–Kier alpha value is -2.71. The number of hydrogen-bond donors (Lipinski definition) is 3. The van der Waals surface area contributed by atoms with Crippen LogP contribution in [0.5, 0.6) is 0 Å². The summed E-state index contributed by atoms with van der Waals surface area (Å²) in [5.74, 6) is -0.458. The maximum Gasteiger partial charge on any atom is 0.271 e. The van der Waals surface area contributed by atoms with Gasteiger partial charge >= 0.3 is 0 Å². The summed E-state index contributed by atoms with van der Waals surface area (Å²) in [6.45, 7) is 3.19. The first-order valence-corrected chi connectivity index (χ1v) is 8.08. The van der Waals surface area contributed by atoms with Crippen LogP contribution in [-0.2, 0) is 4.74 Å². The van der Waals surface area contributed by atoms with E-state index in [2.05, 4.69) is 20.4 Å². The summed E-state index contributed by atoms with van der Waals surface area (Å²) >= 11 is 0. The monoisotopic (exact) mass is 344 g/mol. The van der Waals surface area contributed by atoms with Gasteiger partial charge in [-0.1, -0.05) is 12.1 Å². The van der Waals surface area contributed by atoms with Gasteiger partial charge in [-0.05, 0) is 23.8 Å². The van der Waals surface area contributed by atoms with Gasteiger partial charge < -0.3 is 20.1 Å². The molecule has 1 aliphatic rings. The van der Waals surface area contributed by atoms with Crippen molar-refractivity contribution in [2.75, 3.05) is 37.7 Å². The van der Waals surface area contributed by atoms with Crippen LogP contribution in [0.15, 0.2) is 41.2 Å². The molecule has 8 nitrogen and oxygen atoms in total. The molecule has 2 aromatic rings. The van der Waals surface area contributed by atoms with Crippen molar-refractivity contribution in [3.63, 3.8) is 0 Å². The van der Waals surface area contributed by atoms with Gasteiger partial charge in [-0.25, -0.2) is 5.10 Å². The zero-order valence-electron chi connectivity index (χ0n) is 13.6. The van der Waals surface area contributed by atoms with Crippen molar-refractivity contribution >= 4 is 11.6 Å². The molecule has 1 amide bonds. The van der Waals surface area contributed by atoms with Crippen molar-refractivity contribution < 1.29 is 14.6 Å². The maximum absolute atomic E-state index is 11.9. The second-order valence-electron chi connectivity index (χ2n) is 5.72. The Bertz CT molecular complexity index is 748. The molecule has 1 saturated heterocycles. The van der Waals surface area contributed by atoms with E-state index in [4.69, 9.17) is 4.74 Å². The smallest absolute Gasteiger partial charge is 0.271 e. The Kier molecular flexibility index (Phi) is 5.42. The molecule has 25 heavy (non-hydrogen) atoms. The summed E-state index contributed by atoms with van der Waals surface area (Å²) in [6, 6.07) is 10.2. The van der Waals surface area contributed by atoms with Crippen molar-refractivity contribution in [2.45, 2.75) is 6.10 Å². The number of carbonyl (C=O) groups is 1. The van der Waals surface area contributed by atoms with Gasteiger partial charge in [0.1, 0.15) is 5.69 Å². The maximum atomic E-state index is 11.9. The average molecular weight is 344 g/mol. The summed E-state index contributed by atoms with van der Waals surface area (Å²) in [5.41, 5.74) is 1.51. The van der Waals surface area contributed by atoms with Gasteiger partial charge in [-0.2, -0.15) is 5.10 Å². The number of hydrogen-bond acceptors (Lipinski definition) is 6. The molecule has 0 bridgehead atoms. The van der Waals surface area contributed by atoms with Crippen LogP contribution in [0.2, 0.25) is 0 Å². The fraction of sp³-hybridized carbons (Fsp3) is 0.353. The van der Waals surface area contributed by atoms with Crippen molar-refractivity contribution in [2.24, 2.45) is 0 Å². The lowest BCUT2D eigenvalue weighted by molar-refractivity contribution is 0.0910. The standard InChI is InChI=1S/C17H20N4O4/c22-15(11-18-17(24)14-5-6-16(23)20-19-14)12-1-3-13(4-2-12)21-7-9-25-10-8-21/h1-6,15,22H,7-11H2,(H,18,24)(H,20,23). The number of rotatable bonds is 5. The fourth-order valence-electron chi connectivity index (χ4n) is 2.60. The van der Waals surface area contributed by atoms with E-state index in [0.717, 1.165) is 32.0 Å². The van der Waals surface area contributed by atoms with E-state index in [0.29, 0.717) is 5.56 Å². The largest absolute Gasteiger partial charge is 0.387 e. The molecule has 132 valence electrons. The summed E-state index contributed by atoms with van der Waals surface area (Å²) < 4.78 is 5.33. The quantitative estimate of drug-likeness (QED) is 0.708. The average Bonchev–Trinajstić information content (AvgIpc) is 2.67. The normalized spacial score (nSPS) is 15.6. The fourth-order valence-corrected chi connectivity index (χ4v) is 2.60. The number of H-pyrrole nitrogens is 1. The number of ether oxygens (including phenoxy) is 1. The predicted octanol–water partition coefficient (Wildman–Crippen LogP) is 0.0699. The van der Waals surface area contributed by atoms with Crippen LogP contribution in [0.4, 0.5) is 5.69 Å². The molecule has 1 unspecified atom stereocenters. The first-order valence-electron chi connectivity index (χ1n) is 8.08. The lowest BCUT2D eigenvalue weighted by Gasteiger charge is -2.29. The van der Waals surface area contributed by atoms with Gasteiger partial charge in [0.05, 0.1) is 19.3 Å². The lowest BCUT2D eigenvalue weighted by Crippen LogP contribution is -2.36. The molecule has 3 N–H and O–H groups in total. The van der Waals surface area contributed by atoms with Crippen LogP contribution < -0.4 is 15.8 Å². The molecule has 1 fully saturated rings. The van der Waals surface area contributed by atoms with Crippen LogP contribution in [-0.4, -0.2) is 54.1 Å². The third-order valence-corrected chi connectivity index (χ3v) is 4.02. The first-order chi connectivity index (χ1) is 12.1. The van der Waals surface area contributed by atoms with Crippen LogP contribution >= 0.6 is 0 Å². The molecule has 0 aliphatic carbocycles. The number of benzene rings is 1. The molecule has 1 aromatic carbocycles. The molecule has 0 radical (unpaired) electrons. The van der Waals surface area contributed by atoms with Gasteiger partial charge in [0.2, 0.25) is 0 Å². The van der Waals surface area contributed by atoms with Crippen molar-refractivity contribution in [1.29, 1.82) is 0 Å². The van der Waals surface area contributed by atoms with Crippen molar-refractivity contribution in [3.05, 3.63) is 58.0 Å². The molecular weight excluding hydrogens is 324 g/mol. The highest BCUT2D eigenvalue weighted by molar-refractivity contribution is 5.91. The van der Waals surface area contributed by atoms with Crippen molar-refractivity contribution in [3.8, 4) is 0 Å². The lowest BCUT2D eigenvalue weighted by atomic mass is 10.1. The van der Waals surface area contributed by atoms with Gasteiger partial charge in [-0.15, -0.1) is 0 Å². The molecule has 2 heterocycles. The van der Waals surface area contributed by atoms with E-state index in [-0.39, 0.29) is 17.8 Å². The minimum absolute atomic E-state index is 0.0521. The molecular formula is C17H20N4O4. The number of aliphatic hydroxyl groups excluding tert-OH is 1. The van der Waals surface area contributed by atoms with Gasteiger partial charge in [-0.3, -0.25) is 9.59 Å². The topological polar surface area (TPSA) is 108 Å². The Labute approximate surface area is 144 Å². The molecule has 1 atom stereocenters. The Morgan fingerprint density at radius 3 is 2.60 bits per heavy atom. The highest BCUT2D eigenvalue weighted by Crippen LogP contribution is 2.20. The Morgan fingerprint density at radius 2 is 1.96 bits per heavy atom. The van der Waals surface area contributed by atoms with Crippen LogP contribution in [0.3, 0.4) is 0 Å². The summed E-state index contributed by atoms with van der Waals surface area (Å²) in [5, 5.41) is 18.7. The highest BCUT2D eigenvalue weighted by Gasteiger charge is 2.14. The van der Waals surface area contributed by atoms with Crippen LogP contribution in [0.1, 0.15) is 22.2 Å². The van der Waals surface area contributed by atoms with Crippen LogP contribution in [0, 0.1) is 0 Å². The van der Waals surface area contributed by atoms with Gasteiger partial charge in [0.15, 0.2) is 0 Å². The van der Waals surface area contributed by atoms with Crippen LogP contribution in [0.25, 0.3) is 0 Å². The second kappa shape index (κ2) is 7.91. The number of morpholine rings is 1. The molecule has 3 rings (SSSR count). The molecule has 1 aromatic heterocycles. The summed E-state index contributed by atoms with van der Waals surface area (Å²) in [4.78, 5) is 25.1. The molecule has 0 spiro atoms. The zero-order chi connectivity index (χ0) is 17.6. The van der Waals surface area contributed by atoms with Gasteiger partial charge in [0, 0.05) is 31.4 Å². The van der Waals surface area contributed by atoms with E-state index < -0.39 is 12.0 Å². The number of nitrogens with one attached hydrogen (secondary N) is 2. The minimum atomic E-state index is -0.828. The number of amides is 1. The minimum Gasteiger partial charge on any atom is -0.387 e. The summed E-state index contributed by atoms with van der Waals surface area (Å²) in [7, 11) is 0. The zero-order valence-corrected chi connectivity index (χ0v) is 13.6. The first kappa shape index (κ1) is 17.1. The van der Waals surface area contributed by atoms with Gasteiger partial charge in [0.25, 0.3) is 11.5 Å². The number of nitrogens with zero attached hydrogens (tertiary/aromatic N) is 2.